The Morgan fingerprint density at radius 1 is 1.12 bits per heavy atom. The molecule has 1 aromatic rings. The summed E-state index contributed by atoms with van der Waals surface area (Å²) in [4.78, 5) is 6.63. The van der Waals surface area contributed by atoms with Crippen LogP contribution in [0.15, 0.2) is 17.1 Å². The Morgan fingerprint density at radius 3 is 1.94 bits per heavy atom. The predicted molar refractivity (Wildman–Crippen MR) is 77.3 cm³/mol. The molecule has 1 rings (SSSR count). The lowest BCUT2D eigenvalue weighted by atomic mass is 10.0. The van der Waals surface area contributed by atoms with Gasteiger partial charge in [-0.2, -0.15) is 0 Å². The fourth-order valence-electron chi connectivity index (χ4n) is 2.61. The van der Waals surface area contributed by atoms with Gasteiger partial charge >= 0.3 is 0 Å². The van der Waals surface area contributed by atoms with Gasteiger partial charge in [0.15, 0.2) is 0 Å². The molecule has 0 fully saturated rings. The minimum atomic E-state index is 0.435. The number of aliphatic imine (C=N–C) groups is 1. The smallest absolute Gasteiger partial charge is 0.105 e. The number of aryl methyl sites for hydroxylation is 3. The molecule has 0 unspecified atom stereocenters. The molecule has 0 aliphatic carbocycles. The van der Waals surface area contributed by atoms with Gasteiger partial charge in [-0.05, 0) is 31.9 Å². The van der Waals surface area contributed by atoms with Gasteiger partial charge in [0.1, 0.15) is 5.84 Å². The molecule has 0 spiro atoms. The molecular weight excluding hydrogens is 208 g/mol. The maximum atomic E-state index is 4.41. The van der Waals surface area contributed by atoms with Crippen LogP contribution in [0.5, 0.6) is 0 Å². The molecule has 1 aromatic carbocycles. The number of hydrogen-bond acceptors (Lipinski definition) is 1. The van der Waals surface area contributed by atoms with Gasteiger partial charge in [0, 0.05) is 25.7 Å². The van der Waals surface area contributed by atoms with E-state index in [0.717, 1.165) is 5.84 Å². The number of amidine groups is 1. The van der Waals surface area contributed by atoms with Crippen LogP contribution >= 0.6 is 0 Å². The Hall–Kier alpha value is -1.31. The van der Waals surface area contributed by atoms with Crippen LogP contribution in [-0.4, -0.2) is 19.9 Å². The van der Waals surface area contributed by atoms with Gasteiger partial charge in [-0.1, -0.05) is 31.5 Å². The zero-order chi connectivity index (χ0) is 13.2. The van der Waals surface area contributed by atoms with Crippen molar-refractivity contribution in [3.05, 3.63) is 28.8 Å². The molecule has 0 radical (unpaired) electrons. The fourth-order valence-corrected chi connectivity index (χ4v) is 2.61. The number of benzene rings is 1. The van der Waals surface area contributed by atoms with Gasteiger partial charge in [0.2, 0.25) is 0 Å². The van der Waals surface area contributed by atoms with E-state index in [1.54, 1.807) is 0 Å². The Balaban J connectivity index is 3.25. The van der Waals surface area contributed by atoms with Gasteiger partial charge < -0.3 is 4.90 Å². The zero-order valence-corrected chi connectivity index (χ0v) is 12.1. The molecule has 2 heteroatoms. The van der Waals surface area contributed by atoms with Gasteiger partial charge in [-0.15, -0.1) is 0 Å². The molecule has 0 aromatic heterocycles. The van der Waals surface area contributed by atoms with Gasteiger partial charge in [0.25, 0.3) is 0 Å². The summed E-state index contributed by atoms with van der Waals surface area (Å²) in [5.74, 6) is 1.56. The highest BCUT2D eigenvalue weighted by molar-refractivity contribution is 5.99. The zero-order valence-electron chi connectivity index (χ0n) is 12.1. The lowest BCUT2D eigenvalue weighted by Crippen LogP contribution is -2.31. The molecule has 0 amide bonds. The van der Waals surface area contributed by atoms with E-state index in [4.69, 9.17) is 0 Å². The maximum absolute atomic E-state index is 4.41. The van der Waals surface area contributed by atoms with Crippen molar-refractivity contribution < 1.29 is 0 Å². The Bertz CT molecular complexity index is 408. The molecule has 94 valence electrons. The molecule has 0 saturated carbocycles. The largest absolute Gasteiger partial charge is 0.333 e. The first-order valence-corrected chi connectivity index (χ1v) is 6.16. The predicted octanol–water partition coefficient (Wildman–Crippen LogP) is 3.73. The number of anilines is 1. The molecule has 0 aliphatic heterocycles. The number of hydrogen-bond donors (Lipinski definition) is 0. The second-order valence-electron chi connectivity index (χ2n) is 5.04. The van der Waals surface area contributed by atoms with Crippen LogP contribution in [0.1, 0.15) is 30.5 Å². The third-order valence-electron chi connectivity index (χ3n) is 3.06. The van der Waals surface area contributed by atoms with Crippen molar-refractivity contribution in [1.82, 2.24) is 0 Å². The first kappa shape index (κ1) is 13.8. The minimum Gasteiger partial charge on any atom is -0.333 e. The molecular formula is C15H24N2. The minimum absolute atomic E-state index is 0.435. The molecule has 0 bridgehead atoms. The highest BCUT2D eigenvalue weighted by atomic mass is 15.2. The van der Waals surface area contributed by atoms with Crippen molar-refractivity contribution in [2.75, 3.05) is 19.0 Å². The van der Waals surface area contributed by atoms with Crippen LogP contribution in [0.25, 0.3) is 0 Å². The number of nitrogens with zero attached hydrogens (tertiary/aromatic N) is 2. The van der Waals surface area contributed by atoms with Crippen molar-refractivity contribution in [3.8, 4) is 0 Å². The quantitative estimate of drug-likeness (QED) is 0.560. The molecule has 0 saturated heterocycles. The second-order valence-corrected chi connectivity index (χ2v) is 5.04. The van der Waals surface area contributed by atoms with E-state index in [1.807, 2.05) is 7.05 Å². The molecule has 0 heterocycles. The van der Waals surface area contributed by atoms with Crippen LogP contribution in [0.2, 0.25) is 0 Å². The summed E-state index contributed by atoms with van der Waals surface area (Å²) in [6.45, 7) is 10.8. The highest BCUT2D eigenvalue weighted by Gasteiger charge is 2.15. The summed E-state index contributed by atoms with van der Waals surface area (Å²) in [6.07, 6.45) is 0. The lowest BCUT2D eigenvalue weighted by molar-refractivity contribution is 0.853. The van der Waals surface area contributed by atoms with E-state index in [1.165, 1.54) is 22.4 Å². The fraction of sp³-hybridized carbons (Fsp3) is 0.533. The first-order chi connectivity index (χ1) is 7.88. The standard InChI is InChI=1S/C15H24N2/c1-10(2)15(16-6)17(7)14-12(4)8-11(3)9-13(14)5/h8-10H,1-7H3. The Labute approximate surface area is 105 Å². The van der Waals surface area contributed by atoms with E-state index in [0.29, 0.717) is 5.92 Å². The van der Waals surface area contributed by atoms with Gasteiger partial charge in [-0.3, -0.25) is 4.99 Å². The van der Waals surface area contributed by atoms with Crippen LogP contribution < -0.4 is 4.90 Å². The maximum Gasteiger partial charge on any atom is 0.105 e. The summed E-state index contributed by atoms with van der Waals surface area (Å²) in [6, 6.07) is 4.46. The average Bonchev–Trinajstić information content (AvgIpc) is 2.15. The van der Waals surface area contributed by atoms with E-state index in [2.05, 4.69) is 63.7 Å². The van der Waals surface area contributed by atoms with E-state index < -0.39 is 0 Å². The third-order valence-corrected chi connectivity index (χ3v) is 3.06. The second kappa shape index (κ2) is 5.35. The molecule has 17 heavy (non-hydrogen) atoms. The van der Waals surface area contributed by atoms with E-state index >= 15 is 0 Å². The van der Waals surface area contributed by atoms with E-state index in [-0.39, 0.29) is 0 Å². The summed E-state index contributed by atoms with van der Waals surface area (Å²) in [7, 11) is 3.97. The van der Waals surface area contributed by atoms with Crippen molar-refractivity contribution in [3.63, 3.8) is 0 Å². The van der Waals surface area contributed by atoms with Crippen LogP contribution in [0.3, 0.4) is 0 Å². The number of rotatable bonds is 2. The topological polar surface area (TPSA) is 15.6 Å². The van der Waals surface area contributed by atoms with Crippen molar-refractivity contribution in [1.29, 1.82) is 0 Å². The van der Waals surface area contributed by atoms with Crippen molar-refractivity contribution >= 4 is 11.5 Å². The summed E-state index contributed by atoms with van der Waals surface area (Å²) >= 11 is 0. The Kier molecular flexibility index (Phi) is 4.33. The Morgan fingerprint density at radius 2 is 1.59 bits per heavy atom. The summed E-state index contributed by atoms with van der Waals surface area (Å²) in [5.41, 5.74) is 5.22. The van der Waals surface area contributed by atoms with Crippen LogP contribution in [-0.2, 0) is 0 Å². The lowest BCUT2D eigenvalue weighted by Gasteiger charge is -2.27. The monoisotopic (exact) mass is 232 g/mol. The van der Waals surface area contributed by atoms with Crippen molar-refractivity contribution in [2.24, 2.45) is 10.9 Å². The van der Waals surface area contributed by atoms with E-state index in [9.17, 15) is 0 Å². The molecule has 0 aliphatic rings. The third kappa shape index (κ3) is 2.87. The van der Waals surface area contributed by atoms with Gasteiger partial charge in [0.05, 0.1) is 0 Å². The SMILES string of the molecule is CN=C(C(C)C)N(C)c1c(C)cc(C)cc1C. The van der Waals surface area contributed by atoms with Crippen LogP contribution in [0.4, 0.5) is 5.69 Å². The summed E-state index contributed by atoms with van der Waals surface area (Å²) in [5, 5.41) is 0. The van der Waals surface area contributed by atoms with Gasteiger partial charge in [-0.25, -0.2) is 0 Å². The highest BCUT2D eigenvalue weighted by Crippen LogP contribution is 2.26. The molecule has 2 nitrogen and oxygen atoms in total. The molecule has 0 atom stereocenters. The summed E-state index contributed by atoms with van der Waals surface area (Å²) < 4.78 is 0. The van der Waals surface area contributed by atoms with Crippen LogP contribution in [0, 0.1) is 26.7 Å². The first-order valence-electron chi connectivity index (χ1n) is 6.16. The normalized spacial score (nSPS) is 12.1. The average molecular weight is 232 g/mol. The van der Waals surface area contributed by atoms with Crippen molar-refractivity contribution in [2.45, 2.75) is 34.6 Å². The molecule has 0 N–H and O–H groups in total.